The van der Waals surface area contributed by atoms with Crippen LogP contribution in [0.15, 0.2) is 48.5 Å². The Hall–Kier alpha value is -1.65. The summed E-state index contributed by atoms with van der Waals surface area (Å²) in [5.41, 5.74) is 1.78. The molecule has 0 radical (unpaired) electrons. The number of halogens is 2. The van der Waals surface area contributed by atoms with Gasteiger partial charge in [-0.05, 0) is 42.9 Å². The van der Waals surface area contributed by atoms with Crippen LogP contribution in [0.1, 0.15) is 18.5 Å². The van der Waals surface area contributed by atoms with E-state index in [1.165, 1.54) is 12.1 Å². The third-order valence-corrected chi connectivity index (χ3v) is 3.33. The molecule has 2 nitrogen and oxygen atoms in total. The minimum Gasteiger partial charge on any atom is -0.356 e. The molecule has 5 heteroatoms. The number of anilines is 1. The second-order valence-electron chi connectivity index (χ2n) is 4.36. The summed E-state index contributed by atoms with van der Waals surface area (Å²) >= 11 is 10.9. The van der Waals surface area contributed by atoms with Gasteiger partial charge in [-0.2, -0.15) is 0 Å². The number of rotatable bonds is 3. The Morgan fingerprint density at radius 1 is 1.20 bits per heavy atom. The zero-order valence-corrected chi connectivity index (χ0v) is 12.4. The van der Waals surface area contributed by atoms with Crippen molar-refractivity contribution in [3.63, 3.8) is 0 Å². The van der Waals surface area contributed by atoms with E-state index < -0.39 is 5.82 Å². The molecular weight excluding hydrogens is 295 g/mol. The Kier molecular flexibility index (Phi) is 4.93. The zero-order chi connectivity index (χ0) is 14.5. The minimum absolute atomic E-state index is 0.0638. The fourth-order valence-electron chi connectivity index (χ4n) is 1.76. The van der Waals surface area contributed by atoms with Crippen LogP contribution < -0.4 is 10.6 Å². The van der Waals surface area contributed by atoms with Crippen molar-refractivity contribution in [2.75, 3.05) is 5.32 Å². The van der Waals surface area contributed by atoms with Crippen LogP contribution in [-0.4, -0.2) is 5.11 Å². The van der Waals surface area contributed by atoms with Gasteiger partial charge in [0.25, 0.3) is 0 Å². The van der Waals surface area contributed by atoms with Gasteiger partial charge in [0.1, 0.15) is 5.82 Å². The highest BCUT2D eigenvalue weighted by molar-refractivity contribution is 7.80. The van der Waals surface area contributed by atoms with Gasteiger partial charge in [-0.1, -0.05) is 41.9 Å². The second kappa shape index (κ2) is 6.68. The zero-order valence-electron chi connectivity index (χ0n) is 10.9. The van der Waals surface area contributed by atoms with E-state index in [9.17, 15) is 4.39 Å². The molecule has 0 aliphatic carbocycles. The molecule has 0 spiro atoms. The average molecular weight is 309 g/mol. The van der Waals surface area contributed by atoms with Crippen molar-refractivity contribution in [3.05, 3.63) is 64.9 Å². The molecule has 0 bridgehead atoms. The minimum atomic E-state index is -0.450. The van der Waals surface area contributed by atoms with E-state index in [0.29, 0.717) is 10.8 Å². The van der Waals surface area contributed by atoms with Crippen molar-refractivity contribution in [1.82, 2.24) is 5.32 Å². The fourth-order valence-corrected chi connectivity index (χ4v) is 2.24. The molecule has 0 fully saturated rings. The van der Waals surface area contributed by atoms with Crippen molar-refractivity contribution in [1.29, 1.82) is 0 Å². The predicted molar refractivity (Wildman–Crippen MR) is 85.6 cm³/mol. The maximum absolute atomic E-state index is 13.1. The van der Waals surface area contributed by atoms with Gasteiger partial charge in [-0.3, -0.25) is 0 Å². The SMILES string of the molecule is C[C@H](NC(=S)Nc1ccc(F)c(Cl)c1)c1ccccc1. The van der Waals surface area contributed by atoms with E-state index in [-0.39, 0.29) is 11.1 Å². The quantitative estimate of drug-likeness (QED) is 0.815. The lowest BCUT2D eigenvalue weighted by molar-refractivity contribution is 0.628. The first kappa shape index (κ1) is 14.8. The number of hydrogen-bond acceptors (Lipinski definition) is 1. The summed E-state index contributed by atoms with van der Waals surface area (Å²) in [6, 6.07) is 14.4. The molecule has 2 N–H and O–H groups in total. The molecule has 0 aliphatic heterocycles. The summed E-state index contributed by atoms with van der Waals surface area (Å²) in [6.45, 7) is 2.01. The Morgan fingerprint density at radius 2 is 1.90 bits per heavy atom. The lowest BCUT2D eigenvalue weighted by Gasteiger charge is -2.17. The lowest BCUT2D eigenvalue weighted by atomic mass is 10.1. The van der Waals surface area contributed by atoms with Crippen LogP contribution in [0.2, 0.25) is 5.02 Å². The van der Waals surface area contributed by atoms with Gasteiger partial charge in [-0.15, -0.1) is 0 Å². The van der Waals surface area contributed by atoms with Crippen LogP contribution >= 0.6 is 23.8 Å². The monoisotopic (exact) mass is 308 g/mol. The van der Waals surface area contributed by atoms with E-state index in [4.69, 9.17) is 23.8 Å². The Bertz CT molecular complexity index is 604. The second-order valence-corrected chi connectivity index (χ2v) is 5.18. The van der Waals surface area contributed by atoms with Crippen LogP contribution in [0, 0.1) is 5.82 Å². The third-order valence-electron chi connectivity index (χ3n) is 2.82. The van der Waals surface area contributed by atoms with Crippen LogP contribution in [-0.2, 0) is 0 Å². The smallest absolute Gasteiger partial charge is 0.171 e. The van der Waals surface area contributed by atoms with Gasteiger partial charge < -0.3 is 10.6 Å². The third kappa shape index (κ3) is 3.92. The Labute approximate surface area is 128 Å². The largest absolute Gasteiger partial charge is 0.356 e. The van der Waals surface area contributed by atoms with Crippen molar-refractivity contribution in [2.24, 2.45) is 0 Å². The fraction of sp³-hybridized carbons (Fsp3) is 0.133. The molecule has 0 aromatic heterocycles. The lowest BCUT2D eigenvalue weighted by Crippen LogP contribution is -2.30. The number of benzene rings is 2. The van der Waals surface area contributed by atoms with Gasteiger partial charge in [0, 0.05) is 5.69 Å². The average Bonchev–Trinajstić information content (AvgIpc) is 2.44. The molecule has 0 saturated carbocycles. The molecule has 104 valence electrons. The van der Waals surface area contributed by atoms with Crippen molar-refractivity contribution < 1.29 is 4.39 Å². The predicted octanol–water partition coefficient (Wildman–Crippen LogP) is 4.53. The first-order valence-electron chi connectivity index (χ1n) is 6.14. The maximum Gasteiger partial charge on any atom is 0.171 e. The van der Waals surface area contributed by atoms with Crippen molar-refractivity contribution >= 4 is 34.6 Å². The molecular formula is C15H14ClFN2S. The van der Waals surface area contributed by atoms with Crippen LogP contribution in [0.25, 0.3) is 0 Å². The summed E-state index contributed by atoms with van der Waals surface area (Å²) in [4.78, 5) is 0. The van der Waals surface area contributed by atoms with E-state index in [1.807, 2.05) is 37.3 Å². The number of nitrogens with one attached hydrogen (secondary N) is 2. The van der Waals surface area contributed by atoms with Crippen LogP contribution in [0.3, 0.4) is 0 Å². The maximum atomic E-state index is 13.1. The molecule has 0 aliphatic rings. The summed E-state index contributed by atoms with van der Waals surface area (Å²) < 4.78 is 13.1. The summed E-state index contributed by atoms with van der Waals surface area (Å²) in [5, 5.41) is 6.67. The Morgan fingerprint density at radius 3 is 2.55 bits per heavy atom. The van der Waals surface area contributed by atoms with E-state index >= 15 is 0 Å². The topological polar surface area (TPSA) is 24.1 Å². The molecule has 2 aromatic rings. The molecule has 0 heterocycles. The van der Waals surface area contributed by atoms with Crippen molar-refractivity contribution in [2.45, 2.75) is 13.0 Å². The van der Waals surface area contributed by atoms with Gasteiger partial charge in [-0.25, -0.2) is 4.39 Å². The van der Waals surface area contributed by atoms with Gasteiger partial charge in [0.2, 0.25) is 0 Å². The molecule has 0 saturated heterocycles. The van der Waals surface area contributed by atoms with Gasteiger partial charge in [0.15, 0.2) is 5.11 Å². The van der Waals surface area contributed by atoms with Crippen LogP contribution in [0.4, 0.5) is 10.1 Å². The first-order chi connectivity index (χ1) is 9.56. The summed E-state index contributed by atoms with van der Waals surface area (Å²) in [6.07, 6.45) is 0. The highest BCUT2D eigenvalue weighted by Crippen LogP contribution is 2.19. The van der Waals surface area contributed by atoms with Crippen LogP contribution in [0.5, 0.6) is 0 Å². The molecule has 2 rings (SSSR count). The van der Waals surface area contributed by atoms with Gasteiger partial charge >= 0.3 is 0 Å². The normalized spacial score (nSPS) is 11.8. The van der Waals surface area contributed by atoms with E-state index in [0.717, 1.165) is 5.56 Å². The number of thiocarbonyl (C=S) groups is 1. The summed E-state index contributed by atoms with van der Waals surface area (Å²) in [7, 11) is 0. The van der Waals surface area contributed by atoms with E-state index in [1.54, 1.807) is 6.07 Å². The van der Waals surface area contributed by atoms with Gasteiger partial charge in [0.05, 0.1) is 11.1 Å². The van der Waals surface area contributed by atoms with Crippen molar-refractivity contribution in [3.8, 4) is 0 Å². The first-order valence-corrected chi connectivity index (χ1v) is 6.92. The molecule has 2 aromatic carbocycles. The summed E-state index contributed by atoms with van der Waals surface area (Å²) in [5.74, 6) is -0.450. The molecule has 0 amide bonds. The molecule has 20 heavy (non-hydrogen) atoms. The highest BCUT2D eigenvalue weighted by Gasteiger charge is 2.07. The molecule has 0 unspecified atom stereocenters. The standard InChI is InChI=1S/C15H14ClFN2S/c1-10(11-5-3-2-4-6-11)18-15(20)19-12-7-8-14(17)13(16)9-12/h2-10H,1H3,(H2,18,19,20)/t10-/m0/s1. The number of hydrogen-bond donors (Lipinski definition) is 2. The van der Waals surface area contributed by atoms with E-state index in [2.05, 4.69) is 10.6 Å². The highest BCUT2D eigenvalue weighted by atomic mass is 35.5. The molecule has 1 atom stereocenters. The Balaban J connectivity index is 1.97.